The van der Waals surface area contributed by atoms with E-state index in [0.29, 0.717) is 5.56 Å². The zero-order chi connectivity index (χ0) is 13.7. The molecule has 0 heterocycles. The normalized spacial score (nSPS) is 11.6. The third-order valence-corrected chi connectivity index (χ3v) is 2.74. The summed E-state index contributed by atoms with van der Waals surface area (Å²) >= 11 is 2.02. The van der Waals surface area contributed by atoms with E-state index in [0.717, 1.165) is 3.57 Å². The quantitative estimate of drug-likeness (QED) is 0.676. The predicted molar refractivity (Wildman–Crippen MR) is 70.3 cm³/mol. The predicted octanol–water partition coefficient (Wildman–Crippen LogP) is 0.949. The molecule has 96 valence electrons. The summed E-state index contributed by atoms with van der Waals surface area (Å²) in [6.07, 6.45) is -0.662. The molecule has 18 heavy (non-hydrogen) atoms. The van der Waals surface area contributed by atoms with E-state index in [1.54, 1.807) is 18.2 Å². The van der Waals surface area contributed by atoms with Crippen LogP contribution in [-0.4, -0.2) is 34.1 Å². The van der Waals surface area contributed by atoms with Crippen LogP contribution in [0.2, 0.25) is 0 Å². The van der Waals surface area contributed by atoms with Crippen LogP contribution in [0.25, 0.3) is 0 Å². The van der Waals surface area contributed by atoms with Crippen molar-refractivity contribution >= 4 is 40.4 Å². The molecule has 0 saturated carbocycles. The van der Waals surface area contributed by atoms with Crippen LogP contribution in [0, 0.1) is 3.57 Å². The summed E-state index contributed by atoms with van der Waals surface area (Å²) in [5, 5.41) is 19.5. The van der Waals surface area contributed by atoms with Gasteiger partial charge in [-0.05, 0) is 40.8 Å². The topological polar surface area (TPSA) is 104 Å². The fraction of sp³-hybridized carbons (Fsp3) is 0.182. The summed E-state index contributed by atoms with van der Waals surface area (Å²) in [6, 6.07) is 5.10. The van der Waals surface area contributed by atoms with Gasteiger partial charge in [-0.2, -0.15) is 0 Å². The van der Waals surface area contributed by atoms with Gasteiger partial charge in [-0.1, -0.05) is 6.07 Å². The summed E-state index contributed by atoms with van der Waals surface area (Å²) in [5.41, 5.74) is 0.290. The van der Waals surface area contributed by atoms with Crippen molar-refractivity contribution in [1.29, 1.82) is 0 Å². The maximum absolute atomic E-state index is 11.7. The fourth-order valence-corrected chi connectivity index (χ4v) is 1.79. The summed E-state index contributed by atoms with van der Waals surface area (Å²) < 4.78 is 0.824. The number of aliphatic carboxylic acids is 2. The van der Waals surface area contributed by atoms with Crippen LogP contribution in [0.1, 0.15) is 16.8 Å². The highest BCUT2D eigenvalue weighted by Gasteiger charge is 2.23. The molecule has 0 aromatic heterocycles. The van der Waals surface area contributed by atoms with Gasteiger partial charge in [0.05, 0.1) is 6.42 Å². The summed E-state index contributed by atoms with van der Waals surface area (Å²) in [4.78, 5) is 33.0. The first-order valence-electron chi connectivity index (χ1n) is 4.91. The van der Waals surface area contributed by atoms with Gasteiger partial charge in [0.2, 0.25) is 0 Å². The molecule has 1 rings (SSSR count). The lowest BCUT2D eigenvalue weighted by atomic mass is 10.1. The Labute approximate surface area is 116 Å². The molecule has 0 spiro atoms. The van der Waals surface area contributed by atoms with Crippen molar-refractivity contribution in [2.24, 2.45) is 0 Å². The lowest BCUT2D eigenvalue weighted by molar-refractivity contribution is -0.145. The number of carbonyl (C=O) groups excluding carboxylic acids is 1. The first-order valence-corrected chi connectivity index (χ1v) is 5.99. The van der Waals surface area contributed by atoms with Crippen LogP contribution >= 0.6 is 22.6 Å². The molecule has 1 aromatic carbocycles. The van der Waals surface area contributed by atoms with E-state index in [1.165, 1.54) is 6.07 Å². The fourth-order valence-electron chi connectivity index (χ4n) is 1.25. The zero-order valence-corrected chi connectivity index (χ0v) is 11.2. The SMILES string of the molecule is O=C(O)C[C@H](NC(=O)c1cccc(I)c1)C(=O)O. The summed E-state index contributed by atoms with van der Waals surface area (Å²) in [5.74, 6) is -3.27. The molecular weight excluding hydrogens is 353 g/mol. The van der Waals surface area contributed by atoms with Crippen LogP contribution in [-0.2, 0) is 9.59 Å². The third kappa shape index (κ3) is 4.32. The Morgan fingerprint density at radius 3 is 2.44 bits per heavy atom. The Bertz CT molecular complexity index is 488. The first-order chi connectivity index (χ1) is 8.40. The smallest absolute Gasteiger partial charge is 0.326 e. The van der Waals surface area contributed by atoms with E-state index in [9.17, 15) is 14.4 Å². The Balaban J connectivity index is 2.78. The van der Waals surface area contributed by atoms with Crippen molar-refractivity contribution in [3.63, 3.8) is 0 Å². The van der Waals surface area contributed by atoms with Crippen molar-refractivity contribution in [3.05, 3.63) is 33.4 Å². The van der Waals surface area contributed by atoms with Crippen LogP contribution in [0.15, 0.2) is 24.3 Å². The number of nitrogens with one attached hydrogen (secondary N) is 1. The highest BCUT2D eigenvalue weighted by atomic mass is 127. The molecule has 0 saturated heterocycles. The van der Waals surface area contributed by atoms with Crippen molar-refractivity contribution < 1.29 is 24.6 Å². The second kappa shape index (κ2) is 6.34. The Hall–Kier alpha value is -1.64. The number of hydrogen-bond acceptors (Lipinski definition) is 3. The highest BCUT2D eigenvalue weighted by Crippen LogP contribution is 2.08. The molecule has 0 aliphatic rings. The van der Waals surface area contributed by atoms with Crippen LogP contribution < -0.4 is 5.32 Å². The molecule has 6 nitrogen and oxygen atoms in total. The van der Waals surface area contributed by atoms with Gasteiger partial charge in [-0.15, -0.1) is 0 Å². The van der Waals surface area contributed by atoms with Gasteiger partial charge in [0.1, 0.15) is 6.04 Å². The standard InChI is InChI=1S/C11H10INO5/c12-7-3-1-2-6(4-7)10(16)13-8(11(17)18)5-9(14)15/h1-4,8H,5H2,(H,13,16)(H,14,15)(H,17,18)/t8-/m0/s1. The lowest BCUT2D eigenvalue weighted by Crippen LogP contribution is -2.42. The van der Waals surface area contributed by atoms with Crippen molar-refractivity contribution in [2.45, 2.75) is 12.5 Å². The van der Waals surface area contributed by atoms with Crippen molar-refractivity contribution in [2.75, 3.05) is 0 Å². The first kappa shape index (κ1) is 14.4. The molecule has 0 unspecified atom stereocenters. The molecule has 0 aliphatic heterocycles. The summed E-state index contributed by atoms with van der Waals surface area (Å²) in [6.45, 7) is 0. The minimum Gasteiger partial charge on any atom is -0.481 e. The van der Waals surface area contributed by atoms with Gasteiger partial charge >= 0.3 is 11.9 Å². The van der Waals surface area contributed by atoms with Crippen LogP contribution in [0.3, 0.4) is 0 Å². The lowest BCUT2D eigenvalue weighted by Gasteiger charge is -2.12. The molecule has 1 aromatic rings. The molecule has 0 aliphatic carbocycles. The number of benzene rings is 1. The van der Waals surface area contributed by atoms with E-state index >= 15 is 0 Å². The molecule has 7 heteroatoms. The number of carbonyl (C=O) groups is 3. The van der Waals surface area contributed by atoms with Gasteiger partial charge in [0.25, 0.3) is 5.91 Å². The molecule has 1 amide bonds. The van der Waals surface area contributed by atoms with E-state index in [1.807, 2.05) is 22.6 Å². The molecule has 1 atom stereocenters. The molecular formula is C11H10INO5. The number of rotatable bonds is 5. The van der Waals surface area contributed by atoms with Crippen LogP contribution in [0.4, 0.5) is 0 Å². The number of halogens is 1. The second-order valence-corrected chi connectivity index (χ2v) is 4.72. The average Bonchev–Trinajstić information content (AvgIpc) is 2.27. The van der Waals surface area contributed by atoms with Gasteiger partial charge < -0.3 is 15.5 Å². The summed E-state index contributed by atoms with van der Waals surface area (Å²) in [7, 11) is 0. The minimum absolute atomic E-state index is 0.290. The zero-order valence-electron chi connectivity index (χ0n) is 9.09. The molecule has 0 radical (unpaired) electrons. The molecule has 0 bridgehead atoms. The number of carboxylic acid groups (broad SMARTS) is 2. The van der Waals surface area contributed by atoms with E-state index in [4.69, 9.17) is 10.2 Å². The molecule has 3 N–H and O–H groups in total. The van der Waals surface area contributed by atoms with E-state index in [2.05, 4.69) is 5.32 Å². The third-order valence-electron chi connectivity index (χ3n) is 2.07. The Morgan fingerprint density at radius 2 is 1.94 bits per heavy atom. The Morgan fingerprint density at radius 1 is 1.28 bits per heavy atom. The van der Waals surface area contributed by atoms with Gasteiger partial charge in [0.15, 0.2) is 0 Å². The second-order valence-electron chi connectivity index (χ2n) is 3.47. The van der Waals surface area contributed by atoms with Gasteiger partial charge in [0, 0.05) is 9.13 Å². The minimum atomic E-state index is -1.44. The number of hydrogen-bond donors (Lipinski definition) is 3. The maximum Gasteiger partial charge on any atom is 0.326 e. The molecule has 0 fully saturated rings. The Kier molecular flexibility index (Phi) is 5.08. The van der Waals surface area contributed by atoms with E-state index in [-0.39, 0.29) is 0 Å². The van der Waals surface area contributed by atoms with Gasteiger partial charge in [-0.3, -0.25) is 9.59 Å². The van der Waals surface area contributed by atoms with Crippen molar-refractivity contribution in [1.82, 2.24) is 5.32 Å². The van der Waals surface area contributed by atoms with Crippen LogP contribution in [0.5, 0.6) is 0 Å². The number of carboxylic acids is 2. The monoisotopic (exact) mass is 363 g/mol. The number of amides is 1. The highest BCUT2D eigenvalue weighted by molar-refractivity contribution is 14.1. The largest absolute Gasteiger partial charge is 0.481 e. The van der Waals surface area contributed by atoms with Gasteiger partial charge in [-0.25, -0.2) is 4.79 Å². The van der Waals surface area contributed by atoms with E-state index < -0.39 is 30.3 Å². The van der Waals surface area contributed by atoms with Crippen molar-refractivity contribution in [3.8, 4) is 0 Å². The maximum atomic E-state index is 11.7. The average molecular weight is 363 g/mol.